The second-order valence-corrected chi connectivity index (χ2v) is 6.53. The second kappa shape index (κ2) is 7.31. The summed E-state index contributed by atoms with van der Waals surface area (Å²) >= 11 is 1.14. The number of rotatable bonds is 6. The first-order chi connectivity index (χ1) is 11.3. The lowest BCUT2D eigenvalue weighted by atomic mass is 10.1. The van der Waals surface area contributed by atoms with Gasteiger partial charge in [0.15, 0.2) is 5.76 Å². The average Bonchev–Trinajstić information content (AvgIpc) is 3.16. The van der Waals surface area contributed by atoms with Gasteiger partial charge in [0.05, 0.1) is 22.1 Å². The van der Waals surface area contributed by atoms with Crippen molar-refractivity contribution < 1.29 is 23.9 Å². The Balaban J connectivity index is 2.09. The third-order valence-electron chi connectivity index (χ3n) is 3.41. The van der Waals surface area contributed by atoms with Crippen LogP contribution in [0.2, 0.25) is 0 Å². The first-order valence-corrected chi connectivity index (χ1v) is 8.04. The van der Waals surface area contributed by atoms with Crippen molar-refractivity contribution in [1.29, 1.82) is 0 Å². The summed E-state index contributed by atoms with van der Waals surface area (Å²) in [6.07, 6.45) is 1.40. The summed E-state index contributed by atoms with van der Waals surface area (Å²) in [7, 11) is 1.56. The van der Waals surface area contributed by atoms with Crippen molar-refractivity contribution in [2.24, 2.45) is 5.92 Å². The predicted octanol–water partition coefficient (Wildman–Crippen LogP) is 2.69. The van der Waals surface area contributed by atoms with Gasteiger partial charge in [0, 0.05) is 13.6 Å². The largest absolute Gasteiger partial charge is 0.481 e. The van der Waals surface area contributed by atoms with Crippen LogP contribution in [-0.4, -0.2) is 41.4 Å². The quantitative estimate of drug-likeness (QED) is 0.834. The maximum Gasteiger partial charge on any atom is 0.308 e. The van der Waals surface area contributed by atoms with E-state index in [0.717, 1.165) is 16.9 Å². The van der Waals surface area contributed by atoms with E-state index in [-0.39, 0.29) is 18.2 Å². The van der Waals surface area contributed by atoms with Crippen LogP contribution < -0.4 is 5.32 Å². The Kier molecular flexibility index (Phi) is 5.40. The van der Waals surface area contributed by atoms with Crippen LogP contribution >= 0.6 is 11.3 Å². The van der Waals surface area contributed by atoms with Crippen molar-refractivity contribution in [3.8, 4) is 0 Å². The van der Waals surface area contributed by atoms with E-state index >= 15 is 0 Å². The minimum atomic E-state index is -0.955. The van der Waals surface area contributed by atoms with E-state index in [1.54, 1.807) is 39.1 Å². The highest BCUT2D eigenvalue weighted by Crippen LogP contribution is 2.28. The number of thiophene rings is 1. The van der Waals surface area contributed by atoms with Crippen LogP contribution in [0.1, 0.15) is 32.7 Å². The van der Waals surface area contributed by atoms with Crippen molar-refractivity contribution in [2.45, 2.75) is 13.8 Å². The van der Waals surface area contributed by atoms with Gasteiger partial charge in [0.25, 0.3) is 11.8 Å². The van der Waals surface area contributed by atoms with Gasteiger partial charge in [0.1, 0.15) is 0 Å². The molecule has 0 aromatic carbocycles. The standard InChI is InChI=1S/C16H18N2O5S/c1-9-7-12(17-14(19)11-5-4-6-23-11)24-13(9)15(20)18(3)8-10(2)16(21)22/h4-7,10H,8H2,1-3H3,(H,17,19)(H,21,22). The smallest absolute Gasteiger partial charge is 0.308 e. The monoisotopic (exact) mass is 350 g/mol. The molecular formula is C16H18N2O5S. The van der Waals surface area contributed by atoms with E-state index in [1.165, 1.54) is 11.2 Å². The van der Waals surface area contributed by atoms with Crippen molar-refractivity contribution in [2.75, 3.05) is 18.9 Å². The fourth-order valence-electron chi connectivity index (χ4n) is 2.08. The number of carbonyl (C=O) groups is 3. The number of aliphatic carboxylic acids is 1. The molecule has 0 saturated carbocycles. The van der Waals surface area contributed by atoms with Gasteiger partial charge in [-0.1, -0.05) is 6.92 Å². The van der Waals surface area contributed by atoms with E-state index < -0.39 is 17.8 Å². The molecule has 0 saturated heterocycles. The number of carbonyl (C=O) groups excluding carboxylic acids is 2. The fraction of sp³-hybridized carbons (Fsp3) is 0.312. The van der Waals surface area contributed by atoms with Gasteiger partial charge in [-0.3, -0.25) is 14.4 Å². The Labute approximate surface area is 142 Å². The molecule has 0 radical (unpaired) electrons. The number of hydrogen-bond acceptors (Lipinski definition) is 5. The Morgan fingerprint density at radius 3 is 2.71 bits per heavy atom. The highest BCUT2D eigenvalue weighted by molar-refractivity contribution is 7.18. The number of carboxylic acid groups (broad SMARTS) is 1. The molecular weight excluding hydrogens is 332 g/mol. The van der Waals surface area contributed by atoms with Crippen LogP contribution in [0.25, 0.3) is 0 Å². The topological polar surface area (TPSA) is 99.9 Å². The first kappa shape index (κ1) is 17.7. The fourth-order valence-corrected chi connectivity index (χ4v) is 3.14. The predicted molar refractivity (Wildman–Crippen MR) is 89.5 cm³/mol. The number of aryl methyl sites for hydroxylation is 1. The summed E-state index contributed by atoms with van der Waals surface area (Å²) in [6, 6.07) is 4.86. The normalized spacial score (nSPS) is 11.8. The van der Waals surface area contributed by atoms with Crippen LogP contribution in [0, 0.1) is 12.8 Å². The molecule has 2 rings (SSSR count). The molecule has 128 valence electrons. The molecule has 1 unspecified atom stereocenters. The zero-order chi connectivity index (χ0) is 17.9. The SMILES string of the molecule is Cc1cc(NC(=O)c2ccco2)sc1C(=O)N(C)CC(C)C(=O)O. The van der Waals surface area contributed by atoms with Gasteiger partial charge in [-0.15, -0.1) is 11.3 Å². The maximum atomic E-state index is 12.5. The number of amides is 2. The van der Waals surface area contributed by atoms with Crippen molar-refractivity contribution in [1.82, 2.24) is 4.90 Å². The molecule has 0 spiro atoms. The molecule has 0 aliphatic carbocycles. The molecule has 24 heavy (non-hydrogen) atoms. The van der Waals surface area contributed by atoms with Gasteiger partial charge >= 0.3 is 5.97 Å². The highest BCUT2D eigenvalue weighted by Gasteiger charge is 2.22. The van der Waals surface area contributed by atoms with Gasteiger partial charge in [-0.05, 0) is 30.7 Å². The number of nitrogens with one attached hydrogen (secondary N) is 1. The van der Waals surface area contributed by atoms with E-state index in [1.807, 2.05) is 0 Å². The zero-order valence-electron chi connectivity index (χ0n) is 13.5. The summed E-state index contributed by atoms with van der Waals surface area (Å²) in [5.41, 5.74) is 0.717. The molecule has 0 aliphatic rings. The number of carboxylic acids is 1. The second-order valence-electron chi connectivity index (χ2n) is 5.48. The van der Waals surface area contributed by atoms with Crippen molar-refractivity contribution >= 4 is 34.1 Å². The van der Waals surface area contributed by atoms with Crippen LogP contribution in [0.3, 0.4) is 0 Å². The molecule has 8 heteroatoms. The van der Waals surface area contributed by atoms with Crippen LogP contribution in [0.4, 0.5) is 5.00 Å². The van der Waals surface area contributed by atoms with E-state index in [9.17, 15) is 14.4 Å². The third kappa shape index (κ3) is 4.02. The Hall–Kier alpha value is -2.61. The van der Waals surface area contributed by atoms with Gasteiger partial charge in [-0.2, -0.15) is 0 Å². The van der Waals surface area contributed by atoms with Crippen molar-refractivity contribution in [3.63, 3.8) is 0 Å². The Morgan fingerprint density at radius 1 is 1.42 bits per heavy atom. The molecule has 2 amide bonds. The average molecular weight is 350 g/mol. The molecule has 2 aromatic heterocycles. The zero-order valence-corrected chi connectivity index (χ0v) is 14.3. The first-order valence-electron chi connectivity index (χ1n) is 7.23. The van der Waals surface area contributed by atoms with Gasteiger partial charge in [-0.25, -0.2) is 0 Å². The minimum absolute atomic E-state index is 0.111. The van der Waals surface area contributed by atoms with Gasteiger partial charge < -0.3 is 19.7 Å². The summed E-state index contributed by atoms with van der Waals surface area (Å²) < 4.78 is 5.02. The van der Waals surface area contributed by atoms with Crippen LogP contribution in [0.15, 0.2) is 28.9 Å². The van der Waals surface area contributed by atoms with Crippen LogP contribution in [-0.2, 0) is 4.79 Å². The lowest BCUT2D eigenvalue weighted by molar-refractivity contribution is -0.141. The summed E-state index contributed by atoms with van der Waals surface area (Å²) in [4.78, 5) is 37.2. The van der Waals surface area contributed by atoms with Gasteiger partial charge in [0.2, 0.25) is 0 Å². The highest BCUT2D eigenvalue weighted by atomic mass is 32.1. The molecule has 1 atom stereocenters. The number of hydrogen-bond donors (Lipinski definition) is 2. The lowest BCUT2D eigenvalue weighted by Crippen LogP contribution is -2.33. The molecule has 7 nitrogen and oxygen atoms in total. The van der Waals surface area contributed by atoms with E-state index in [0.29, 0.717) is 9.88 Å². The maximum absolute atomic E-state index is 12.5. The summed E-state index contributed by atoms with van der Waals surface area (Å²) in [5.74, 6) is -2.10. The van der Waals surface area contributed by atoms with E-state index in [4.69, 9.17) is 9.52 Å². The number of nitrogens with zero attached hydrogens (tertiary/aromatic N) is 1. The number of furan rings is 1. The Morgan fingerprint density at radius 2 is 2.12 bits per heavy atom. The van der Waals surface area contributed by atoms with Crippen molar-refractivity contribution in [3.05, 3.63) is 40.7 Å². The molecule has 0 bridgehead atoms. The summed E-state index contributed by atoms with van der Waals surface area (Å²) in [5, 5.41) is 12.1. The molecule has 2 N–H and O–H groups in total. The molecule has 2 aromatic rings. The minimum Gasteiger partial charge on any atom is -0.481 e. The molecule has 0 fully saturated rings. The molecule has 0 aliphatic heterocycles. The molecule has 2 heterocycles. The number of anilines is 1. The third-order valence-corrected chi connectivity index (χ3v) is 4.55. The van der Waals surface area contributed by atoms with Crippen LogP contribution in [0.5, 0.6) is 0 Å². The Bertz CT molecular complexity index is 751. The van der Waals surface area contributed by atoms with E-state index in [2.05, 4.69) is 5.32 Å². The summed E-state index contributed by atoms with van der Waals surface area (Å²) in [6.45, 7) is 3.42. The lowest BCUT2D eigenvalue weighted by Gasteiger charge is -2.19.